The number of aryl methyl sites for hydroxylation is 1. The average molecular weight is 716 g/mol. The van der Waals surface area contributed by atoms with Gasteiger partial charge in [-0.05, 0) is 43.0 Å². The Morgan fingerprint density at radius 3 is 2.64 bits per heavy atom. The van der Waals surface area contributed by atoms with E-state index in [0.717, 1.165) is 36.7 Å². The molecule has 0 radical (unpaired) electrons. The number of hydrogen-bond donors (Lipinski definition) is 2. The lowest BCUT2D eigenvalue weighted by Crippen LogP contribution is -2.51. The number of anilines is 3. The molecule has 0 spiro atoms. The van der Waals surface area contributed by atoms with Gasteiger partial charge in [-0.2, -0.15) is 22.7 Å². The molecule has 0 unspecified atom stereocenters. The highest BCUT2D eigenvalue weighted by atomic mass is 35.5. The van der Waals surface area contributed by atoms with Crippen LogP contribution in [-0.2, 0) is 35.1 Å². The first kappa shape index (κ1) is 33.6. The molecule has 1 fully saturated rings. The number of fused-ring (bicyclic) bond motifs is 2. The number of benzene rings is 1. The summed E-state index contributed by atoms with van der Waals surface area (Å²) < 4.78 is 53.2. The molecule has 1 saturated heterocycles. The van der Waals surface area contributed by atoms with Gasteiger partial charge in [0.1, 0.15) is 17.9 Å². The van der Waals surface area contributed by atoms with Crippen molar-refractivity contribution >= 4 is 51.8 Å². The van der Waals surface area contributed by atoms with Crippen molar-refractivity contribution < 1.29 is 32.0 Å². The number of aromatic nitrogens is 5. The predicted molar refractivity (Wildman–Crippen MR) is 177 cm³/mol. The van der Waals surface area contributed by atoms with E-state index in [0.29, 0.717) is 87.3 Å². The summed E-state index contributed by atoms with van der Waals surface area (Å²) in [5.74, 6) is 0.242. The molecule has 4 aromatic rings. The highest BCUT2D eigenvalue weighted by Crippen LogP contribution is 2.34. The molecule has 50 heavy (non-hydrogen) atoms. The van der Waals surface area contributed by atoms with E-state index in [1.807, 2.05) is 17.9 Å². The zero-order chi connectivity index (χ0) is 35.2. The van der Waals surface area contributed by atoms with Crippen LogP contribution in [0.15, 0.2) is 33.6 Å². The summed E-state index contributed by atoms with van der Waals surface area (Å²) in [5.41, 5.74) is 1.10. The molecule has 18 heteroatoms. The summed E-state index contributed by atoms with van der Waals surface area (Å²) in [7, 11) is 0. The van der Waals surface area contributed by atoms with E-state index in [2.05, 4.69) is 25.9 Å². The number of alkyl halides is 3. The van der Waals surface area contributed by atoms with Crippen LogP contribution in [0, 0.1) is 0 Å². The van der Waals surface area contributed by atoms with Gasteiger partial charge in [0.05, 0.1) is 35.2 Å². The minimum absolute atomic E-state index is 0.00103. The lowest BCUT2D eigenvalue weighted by molar-refractivity contribution is -0.137. The Balaban J connectivity index is 1.21. The van der Waals surface area contributed by atoms with Gasteiger partial charge < -0.3 is 34.3 Å². The van der Waals surface area contributed by atoms with Crippen LogP contribution < -0.4 is 21.1 Å². The number of carbonyl (C=O) groups is 2. The molecule has 1 aromatic carbocycles. The smallest absolute Gasteiger partial charge is 0.380 e. The third-order valence-corrected chi connectivity index (χ3v) is 9.33. The summed E-state index contributed by atoms with van der Waals surface area (Å²) >= 11 is 6.12. The average Bonchev–Trinajstić information content (AvgIpc) is 3.76. The van der Waals surface area contributed by atoms with Gasteiger partial charge in [-0.3, -0.25) is 14.4 Å². The lowest BCUT2D eigenvalue weighted by Gasteiger charge is -2.36. The van der Waals surface area contributed by atoms with Crippen LogP contribution >= 0.6 is 11.6 Å². The van der Waals surface area contributed by atoms with E-state index in [1.54, 1.807) is 9.47 Å². The highest BCUT2D eigenvalue weighted by molar-refractivity contribution is 6.33. The number of amides is 2. The molecule has 0 atom stereocenters. The Labute approximate surface area is 287 Å². The number of piperazine rings is 1. The van der Waals surface area contributed by atoms with Gasteiger partial charge >= 0.3 is 6.18 Å². The Kier molecular flexibility index (Phi) is 9.02. The fourth-order valence-corrected chi connectivity index (χ4v) is 6.72. The summed E-state index contributed by atoms with van der Waals surface area (Å²) in [6.07, 6.45) is -0.312. The maximum atomic E-state index is 14.2. The van der Waals surface area contributed by atoms with E-state index in [-0.39, 0.29) is 34.6 Å². The maximum absolute atomic E-state index is 14.2. The van der Waals surface area contributed by atoms with Gasteiger partial charge in [-0.25, -0.2) is 0 Å². The van der Waals surface area contributed by atoms with Crippen LogP contribution in [0.25, 0.3) is 11.4 Å². The van der Waals surface area contributed by atoms with Crippen molar-refractivity contribution in [2.45, 2.75) is 45.3 Å². The monoisotopic (exact) mass is 715 g/mol. The SMILES string of the molecule is CCc1c(N2CCN(C(=O)c3noc4c3NCCC4)CC2)c(=O)n2nc(C3=CCOCC3)nc2n1CC(=O)Nc1ccc(C(F)(F)F)cc1Cl. The number of hydrogen-bond acceptors (Lipinski definition) is 10. The maximum Gasteiger partial charge on any atom is 0.416 e. The Bertz CT molecular complexity index is 2060. The standard InChI is InChI=1S/C32H33ClF3N9O5/c1-2-22-27(42-10-12-43(13-11-42)29(47)26-25-23(50-41-26)4-3-9-37-25)30(48)45-31(39-28(40-45)18-7-14-49-15-8-18)44(22)17-24(46)38-21-6-5-19(16-20(21)33)32(34,35)36/h5-7,16,37H,2-4,8-15,17H2,1H3,(H,38,46). The van der Waals surface area contributed by atoms with E-state index in [1.165, 1.54) is 4.52 Å². The van der Waals surface area contributed by atoms with Crippen LogP contribution in [0.1, 0.15) is 53.1 Å². The van der Waals surface area contributed by atoms with Crippen molar-refractivity contribution in [2.75, 3.05) is 61.5 Å². The van der Waals surface area contributed by atoms with Crippen molar-refractivity contribution in [1.29, 1.82) is 0 Å². The van der Waals surface area contributed by atoms with Crippen LogP contribution in [-0.4, -0.2) is 87.0 Å². The number of ether oxygens (including phenoxy) is 1. The molecule has 3 aromatic heterocycles. The molecule has 6 heterocycles. The van der Waals surface area contributed by atoms with Crippen molar-refractivity contribution in [3.8, 4) is 0 Å². The second-order valence-corrected chi connectivity index (χ2v) is 12.5. The molecule has 0 saturated carbocycles. The van der Waals surface area contributed by atoms with Crippen molar-refractivity contribution in [3.63, 3.8) is 0 Å². The first-order valence-corrected chi connectivity index (χ1v) is 16.6. The molecule has 2 amide bonds. The van der Waals surface area contributed by atoms with Gasteiger partial charge in [-0.15, -0.1) is 5.10 Å². The molecule has 3 aliphatic heterocycles. The number of rotatable bonds is 7. The first-order valence-electron chi connectivity index (χ1n) is 16.3. The van der Waals surface area contributed by atoms with Crippen LogP contribution in [0.3, 0.4) is 0 Å². The predicted octanol–water partition coefficient (Wildman–Crippen LogP) is 3.88. The van der Waals surface area contributed by atoms with Gasteiger partial charge in [0.25, 0.3) is 11.5 Å². The molecular formula is C32H33ClF3N9O5. The minimum atomic E-state index is -4.60. The van der Waals surface area contributed by atoms with Crippen LogP contribution in [0.4, 0.5) is 30.2 Å². The fourth-order valence-electron chi connectivity index (χ4n) is 6.49. The van der Waals surface area contributed by atoms with E-state index >= 15 is 0 Å². The number of halogens is 4. The summed E-state index contributed by atoms with van der Waals surface area (Å²) in [4.78, 5) is 49.3. The summed E-state index contributed by atoms with van der Waals surface area (Å²) in [6.45, 7) is 4.26. The van der Waals surface area contributed by atoms with E-state index in [9.17, 15) is 27.6 Å². The molecule has 2 N–H and O–H groups in total. The Morgan fingerprint density at radius 2 is 1.94 bits per heavy atom. The summed E-state index contributed by atoms with van der Waals surface area (Å²) in [6, 6.07) is 2.67. The normalized spacial score (nSPS) is 16.6. The molecule has 14 nitrogen and oxygen atoms in total. The quantitative estimate of drug-likeness (QED) is 0.289. The van der Waals surface area contributed by atoms with Crippen molar-refractivity contribution in [2.24, 2.45) is 0 Å². The molecule has 3 aliphatic rings. The lowest BCUT2D eigenvalue weighted by atomic mass is 10.1. The van der Waals surface area contributed by atoms with Gasteiger partial charge in [0.2, 0.25) is 11.7 Å². The molecule has 264 valence electrons. The zero-order valence-electron chi connectivity index (χ0n) is 27.0. The van der Waals surface area contributed by atoms with Crippen LogP contribution in [0.5, 0.6) is 0 Å². The second-order valence-electron chi connectivity index (χ2n) is 12.1. The Hall–Kier alpha value is -4.90. The molecule has 0 aliphatic carbocycles. The zero-order valence-corrected chi connectivity index (χ0v) is 27.7. The second kappa shape index (κ2) is 13.4. The topological polar surface area (TPSA) is 152 Å². The highest BCUT2D eigenvalue weighted by Gasteiger charge is 2.33. The van der Waals surface area contributed by atoms with Crippen molar-refractivity contribution in [3.05, 3.63) is 68.2 Å². The van der Waals surface area contributed by atoms with Crippen LogP contribution in [0.2, 0.25) is 5.02 Å². The van der Waals surface area contributed by atoms with E-state index < -0.39 is 23.2 Å². The van der Waals surface area contributed by atoms with Crippen molar-refractivity contribution in [1.82, 2.24) is 29.2 Å². The van der Waals surface area contributed by atoms with Gasteiger partial charge in [-0.1, -0.05) is 29.8 Å². The Morgan fingerprint density at radius 1 is 1.14 bits per heavy atom. The first-order chi connectivity index (χ1) is 24.0. The molecular weight excluding hydrogens is 683 g/mol. The number of carbonyl (C=O) groups excluding carboxylic acids is 2. The minimum Gasteiger partial charge on any atom is -0.380 e. The van der Waals surface area contributed by atoms with Gasteiger partial charge in [0, 0.05) is 39.1 Å². The van der Waals surface area contributed by atoms with Gasteiger partial charge in [0.15, 0.2) is 17.3 Å². The fraction of sp³-hybridized carbons (Fsp3) is 0.438. The summed E-state index contributed by atoms with van der Waals surface area (Å²) in [5, 5.41) is 14.1. The third kappa shape index (κ3) is 6.30. The largest absolute Gasteiger partial charge is 0.416 e. The molecule has 7 rings (SSSR count). The van der Waals surface area contributed by atoms with E-state index in [4.69, 9.17) is 20.9 Å². The number of nitrogens with one attached hydrogen (secondary N) is 2. The number of nitrogens with zero attached hydrogens (tertiary/aromatic N) is 7. The molecule has 0 bridgehead atoms. The third-order valence-electron chi connectivity index (χ3n) is 9.01.